The van der Waals surface area contributed by atoms with Crippen LogP contribution in [0, 0.1) is 5.82 Å². The number of nitrogens with one attached hydrogen (secondary N) is 1. The molecular weight excluding hydrogens is 404 g/mol. The number of ether oxygens (including phenoxy) is 2. The molecule has 154 valence electrons. The molecule has 1 aromatic heterocycles. The summed E-state index contributed by atoms with van der Waals surface area (Å²) in [5.41, 5.74) is 5.36. The second kappa shape index (κ2) is 8.70. The summed E-state index contributed by atoms with van der Waals surface area (Å²) in [7, 11) is 1.53. The van der Waals surface area contributed by atoms with Gasteiger partial charge in [0.2, 0.25) is 12.7 Å². The molecule has 0 saturated carbocycles. The summed E-state index contributed by atoms with van der Waals surface area (Å²) < 4.78 is 36.8. The van der Waals surface area contributed by atoms with Gasteiger partial charge in [-0.2, -0.15) is 0 Å². The van der Waals surface area contributed by atoms with Gasteiger partial charge in [-0.1, -0.05) is 11.8 Å². The highest BCUT2D eigenvalue weighted by Crippen LogP contribution is 2.39. The zero-order chi connectivity index (χ0) is 21.0. The number of aromatic nitrogens is 2. The second-order valence-electron chi connectivity index (χ2n) is 6.27. The van der Waals surface area contributed by atoms with Crippen molar-refractivity contribution in [1.29, 1.82) is 0 Å². The van der Waals surface area contributed by atoms with E-state index in [-0.39, 0.29) is 17.1 Å². The lowest BCUT2D eigenvalue weighted by Gasteiger charge is -2.37. The van der Waals surface area contributed by atoms with Gasteiger partial charge in [-0.25, -0.2) is 23.7 Å². The van der Waals surface area contributed by atoms with Crippen LogP contribution in [-0.2, 0) is 10.3 Å². The van der Waals surface area contributed by atoms with E-state index in [0.717, 1.165) is 12.4 Å². The molecule has 11 heteroatoms. The predicted molar refractivity (Wildman–Crippen MR) is 105 cm³/mol. The van der Waals surface area contributed by atoms with Gasteiger partial charge >= 0.3 is 0 Å². The standard InChI is InChI=1S/C18H19F2N5O3S/c1-18(14(27-2)8-29-17(21)25-18)11-5-10(3-4-12(11)20)24-16(26)13-6-23-15(7-22-13)28-9-19/h3-7,14H,8-9H2,1-2H3,(H2,21,25)(H,24,26)/t14-,18+/m0/s1. The third-order valence-electron chi connectivity index (χ3n) is 4.47. The number of benzene rings is 1. The lowest BCUT2D eigenvalue weighted by molar-refractivity contribution is 0.0578. The molecule has 2 atom stereocenters. The lowest BCUT2D eigenvalue weighted by Crippen LogP contribution is -2.44. The van der Waals surface area contributed by atoms with Crippen LogP contribution in [0.1, 0.15) is 23.0 Å². The summed E-state index contributed by atoms with van der Waals surface area (Å²) in [6.45, 7) is 0.679. The average Bonchev–Trinajstić information content (AvgIpc) is 2.70. The van der Waals surface area contributed by atoms with Crippen LogP contribution in [0.4, 0.5) is 14.5 Å². The molecule has 1 amide bonds. The Morgan fingerprint density at radius 3 is 2.86 bits per heavy atom. The number of carbonyl (C=O) groups excluding carboxylic acids is 1. The molecule has 1 aliphatic heterocycles. The Kier molecular flexibility index (Phi) is 6.28. The van der Waals surface area contributed by atoms with Gasteiger partial charge in [0.25, 0.3) is 5.91 Å². The van der Waals surface area contributed by atoms with Crippen molar-refractivity contribution in [2.24, 2.45) is 10.7 Å². The Morgan fingerprint density at radius 1 is 1.41 bits per heavy atom. The van der Waals surface area contributed by atoms with Gasteiger partial charge in [0.15, 0.2) is 5.17 Å². The minimum Gasteiger partial charge on any atom is -0.445 e. The molecule has 0 bridgehead atoms. The van der Waals surface area contributed by atoms with E-state index in [0.29, 0.717) is 16.6 Å². The molecule has 3 rings (SSSR count). The van der Waals surface area contributed by atoms with E-state index in [1.165, 1.54) is 37.1 Å². The Balaban J connectivity index is 1.87. The minimum atomic E-state index is -1.06. The molecule has 0 aliphatic carbocycles. The number of hydrogen-bond acceptors (Lipinski definition) is 8. The highest BCUT2D eigenvalue weighted by Gasteiger charge is 2.41. The maximum Gasteiger partial charge on any atom is 0.275 e. The number of anilines is 1. The summed E-state index contributed by atoms with van der Waals surface area (Å²) in [6.07, 6.45) is 1.87. The van der Waals surface area contributed by atoms with E-state index in [9.17, 15) is 13.6 Å². The van der Waals surface area contributed by atoms with Crippen LogP contribution < -0.4 is 15.8 Å². The summed E-state index contributed by atoms with van der Waals surface area (Å²) in [6, 6.07) is 4.14. The van der Waals surface area contributed by atoms with Gasteiger partial charge in [-0.15, -0.1) is 0 Å². The monoisotopic (exact) mass is 423 g/mol. The number of methoxy groups -OCH3 is 1. The molecular formula is C18H19F2N5O3S. The van der Waals surface area contributed by atoms with Gasteiger partial charge in [-0.3, -0.25) is 4.79 Å². The molecule has 0 radical (unpaired) electrons. The molecule has 1 aromatic carbocycles. The van der Waals surface area contributed by atoms with E-state index in [1.807, 2.05) is 0 Å². The summed E-state index contributed by atoms with van der Waals surface area (Å²) in [5.74, 6) is -0.598. The van der Waals surface area contributed by atoms with E-state index in [1.54, 1.807) is 6.92 Å². The molecule has 2 heterocycles. The Hall–Kier alpha value is -2.79. The molecule has 8 nitrogen and oxygen atoms in total. The van der Waals surface area contributed by atoms with Crippen LogP contribution in [0.25, 0.3) is 0 Å². The fraction of sp³-hybridized carbons (Fsp3) is 0.333. The number of carbonyl (C=O) groups is 1. The average molecular weight is 423 g/mol. The van der Waals surface area contributed by atoms with Crippen molar-refractivity contribution in [3.63, 3.8) is 0 Å². The summed E-state index contributed by atoms with van der Waals surface area (Å²) in [4.78, 5) is 24.5. The normalized spacial score (nSPS) is 21.4. The molecule has 0 fully saturated rings. The Morgan fingerprint density at radius 2 is 2.21 bits per heavy atom. The van der Waals surface area contributed by atoms with Gasteiger partial charge in [-0.05, 0) is 25.1 Å². The first-order chi connectivity index (χ1) is 13.9. The first-order valence-corrected chi connectivity index (χ1v) is 9.49. The number of aliphatic imine (C=N–C) groups is 1. The van der Waals surface area contributed by atoms with Crippen molar-refractivity contribution in [1.82, 2.24) is 9.97 Å². The highest BCUT2D eigenvalue weighted by atomic mass is 32.2. The third kappa shape index (κ3) is 4.46. The zero-order valence-electron chi connectivity index (χ0n) is 15.7. The van der Waals surface area contributed by atoms with Gasteiger partial charge in [0.05, 0.1) is 18.5 Å². The van der Waals surface area contributed by atoms with Crippen LogP contribution in [-0.4, -0.2) is 46.9 Å². The SMILES string of the molecule is CO[C@H]1CSC(N)=N[C@]1(C)c1cc(NC(=O)c2cnc(OCF)cn2)ccc1F. The number of thioether (sulfide) groups is 1. The molecule has 2 aromatic rings. The highest BCUT2D eigenvalue weighted by molar-refractivity contribution is 8.13. The van der Waals surface area contributed by atoms with Gasteiger partial charge in [0.1, 0.15) is 17.1 Å². The fourth-order valence-corrected chi connectivity index (χ4v) is 3.97. The zero-order valence-corrected chi connectivity index (χ0v) is 16.5. The lowest BCUT2D eigenvalue weighted by atomic mass is 9.86. The van der Waals surface area contributed by atoms with E-state index in [4.69, 9.17) is 10.5 Å². The number of halogens is 2. The second-order valence-corrected chi connectivity index (χ2v) is 7.32. The number of hydrogen-bond donors (Lipinski definition) is 2. The maximum absolute atomic E-state index is 14.7. The quantitative estimate of drug-likeness (QED) is 0.734. The number of nitrogens with two attached hydrogens (primary N) is 1. The van der Waals surface area contributed by atoms with Gasteiger partial charge < -0.3 is 20.5 Å². The molecule has 3 N–H and O–H groups in total. The number of amides is 1. The topological polar surface area (TPSA) is 112 Å². The third-order valence-corrected chi connectivity index (χ3v) is 5.33. The Bertz CT molecular complexity index is 928. The number of nitrogens with zero attached hydrogens (tertiary/aromatic N) is 3. The van der Waals surface area contributed by atoms with Crippen LogP contribution >= 0.6 is 11.8 Å². The van der Waals surface area contributed by atoms with Crippen molar-refractivity contribution in [3.05, 3.63) is 47.7 Å². The van der Waals surface area contributed by atoms with Crippen molar-refractivity contribution in [2.75, 3.05) is 25.0 Å². The van der Waals surface area contributed by atoms with Crippen LogP contribution in [0.2, 0.25) is 0 Å². The first kappa shape index (κ1) is 20.9. The molecule has 0 saturated heterocycles. The van der Waals surface area contributed by atoms with Crippen LogP contribution in [0.5, 0.6) is 5.88 Å². The maximum atomic E-state index is 14.7. The van der Waals surface area contributed by atoms with Crippen molar-refractivity contribution >= 4 is 28.5 Å². The van der Waals surface area contributed by atoms with Crippen LogP contribution in [0.15, 0.2) is 35.6 Å². The molecule has 0 unspecified atom stereocenters. The molecule has 0 spiro atoms. The van der Waals surface area contributed by atoms with Crippen molar-refractivity contribution < 1.29 is 23.0 Å². The molecule has 1 aliphatic rings. The number of alkyl halides is 1. The van der Waals surface area contributed by atoms with E-state index in [2.05, 4.69) is 25.0 Å². The van der Waals surface area contributed by atoms with Gasteiger partial charge in [0, 0.05) is 24.1 Å². The fourth-order valence-electron chi connectivity index (χ4n) is 2.94. The van der Waals surface area contributed by atoms with E-state index >= 15 is 0 Å². The summed E-state index contributed by atoms with van der Waals surface area (Å²) in [5, 5.41) is 2.96. The largest absolute Gasteiger partial charge is 0.445 e. The summed E-state index contributed by atoms with van der Waals surface area (Å²) >= 11 is 1.33. The number of rotatable bonds is 6. The number of amidine groups is 1. The first-order valence-electron chi connectivity index (χ1n) is 8.50. The molecule has 29 heavy (non-hydrogen) atoms. The predicted octanol–water partition coefficient (Wildman–Crippen LogP) is 2.47. The Labute approximate surface area is 169 Å². The van der Waals surface area contributed by atoms with Crippen LogP contribution in [0.3, 0.4) is 0 Å². The smallest absolute Gasteiger partial charge is 0.275 e. The van der Waals surface area contributed by atoms with Crippen molar-refractivity contribution in [3.8, 4) is 5.88 Å². The van der Waals surface area contributed by atoms with E-state index < -0.39 is 30.2 Å². The van der Waals surface area contributed by atoms with Crippen molar-refractivity contribution in [2.45, 2.75) is 18.6 Å². The minimum absolute atomic E-state index is 0.0144.